The zero-order valence-corrected chi connectivity index (χ0v) is 17.5. The summed E-state index contributed by atoms with van der Waals surface area (Å²) >= 11 is 6.18. The Labute approximate surface area is 190 Å². The standard InChI is InChI=1S/C23H14ClF3N4O2/c24-17-10-30-21(20-18(26)6-13(25)7-19(20)27)16-5-11(2-4-15(16)17)23(33)31-9-14-3-1-12(8-29-14)22(28)32/h1-8,10H,9H2,(H2,28,32)(H,31,33). The molecule has 0 aliphatic carbocycles. The van der Waals surface area contributed by atoms with Gasteiger partial charge in [-0.15, -0.1) is 0 Å². The number of nitrogens with one attached hydrogen (secondary N) is 1. The molecule has 2 heterocycles. The highest BCUT2D eigenvalue weighted by molar-refractivity contribution is 6.35. The lowest BCUT2D eigenvalue weighted by molar-refractivity contribution is 0.0948. The minimum atomic E-state index is -1.14. The lowest BCUT2D eigenvalue weighted by Gasteiger charge is -2.11. The Morgan fingerprint density at radius 2 is 1.61 bits per heavy atom. The van der Waals surface area contributed by atoms with E-state index in [9.17, 15) is 22.8 Å². The number of halogens is 4. The summed E-state index contributed by atoms with van der Waals surface area (Å²) in [5, 5.41) is 3.49. The minimum absolute atomic E-state index is 0.0534. The van der Waals surface area contributed by atoms with Crippen molar-refractivity contribution in [3.63, 3.8) is 0 Å². The number of hydrogen-bond donors (Lipinski definition) is 2. The van der Waals surface area contributed by atoms with Gasteiger partial charge in [-0.3, -0.25) is 19.6 Å². The molecule has 0 spiro atoms. The Hall–Kier alpha value is -3.98. The van der Waals surface area contributed by atoms with E-state index in [-0.39, 0.29) is 33.8 Å². The number of aromatic nitrogens is 2. The van der Waals surface area contributed by atoms with Crippen molar-refractivity contribution in [2.75, 3.05) is 0 Å². The summed E-state index contributed by atoms with van der Waals surface area (Å²) in [4.78, 5) is 31.9. The van der Waals surface area contributed by atoms with Gasteiger partial charge in [0.15, 0.2) is 0 Å². The van der Waals surface area contributed by atoms with Gasteiger partial charge in [0.25, 0.3) is 5.91 Å². The van der Waals surface area contributed by atoms with Crippen molar-refractivity contribution in [3.05, 3.63) is 94.2 Å². The molecule has 0 aliphatic heterocycles. The lowest BCUT2D eigenvalue weighted by Crippen LogP contribution is -2.23. The Kier molecular flexibility index (Phi) is 5.97. The molecule has 2 amide bonds. The molecule has 0 saturated heterocycles. The number of hydrogen-bond acceptors (Lipinski definition) is 4. The van der Waals surface area contributed by atoms with Gasteiger partial charge in [0.1, 0.15) is 17.5 Å². The number of primary amides is 1. The van der Waals surface area contributed by atoms with E-state index in [4.69, 9.17) is 17.3 Å². The number of nitrogens with two attached hydrogens (primary N) is 1. The van der Waals surface area contributed by atoms with Gasteiger partial charge >= 0.3 is 0 Å². The topological polar surface area (TPSA) is 98.0 Å². The van der Waals surface area contributed by atoms with Crippen molar-refractivity contribution < 1.29 is 22.8 Å². The summed E-state index contributed by atoms with van der Waals surface area (Å²) < 4.78 is 42.2. The molecule has 6 nitrogen and oxygen atoms in total. The van der Waals surface area contributed by atoms with Gasteiger partial charge in [0.05, 0.1) is 34.1 Å². The van der Waals surface area contributed by atoms with E-state index in [0.717, 1.165) is 0 Å². The van der Waals surface area contributed by atoms with Crippen LogP contribution < -0.4 is 11.1 Å². The second-order valence-corrected chi connectivity index (χ2v) is 7.45. The van der Waals surface area contributed by atoms with Crippen molar-refractivity contribution in [3.8, 4) is 11.3 Å². The fourth-order valence-corrected chi connectivity index (χ4v) is 3.48. The highest BCUT2D eigenvalue weighted by atomic mass is 35.5. The molecule has 10 heteroatoms. The largest absolute Gasteiger partial charge is 0.366 e. The van der Waals surface area contributed by atoms with Gasteiger partial charge in [-0.25, -0.2) is 13.2 Å². The molecule has 0 aliphatic rings. The number of rotatable bonds is 5. The van der Waals surface area contributed by atoms with Crippen molar-refractivity contribution >= 4 is 34.2 Å². The fraction of sp³-hybridized carbons (Fsp3) is 0.0435. The lowest BCUT2D eigenvalue weighted by atomic mass is 10.0. The first kappa shape index (κ1) is 22.2. The highest BCUT2D eigenvalue weighted by Crippen LogP contribution is 2.34. The third-order valence-corrected chi connectivity index (χ3v) is 5.19. The molecule has 0 bridgehead atoms. The molecule has 2 aromatic heterocycles. The molecule has 3 N–H and O–H groups in total. The molecule has 4 rings (SSSR count). The Balaban J connectivity index is 1.68. The van der Waals surface area contributed by atoms with Gasteiger partial charge in [0.2, 0.25) is 5.91 Å². The number of carbonyl (C=O) groups is 2. The fourth-order valence-electron chi connectivity index (χ4n) is 3.27. The molecular formula is C23H14ClF3N4O2. The maximum absolute atomic E-state index is 14.4. The molecule has 0 radical (unpaired) electrons. The first-order valence-corrected chi connectivity index (χ1v) is 9.88. The maximum Gasteiger partial charge on any atom is 0.251 e. The van der Waals surface area contributed by atoms with Crippen LogP contribution in [0.2, 0.25) is 5.02 Å². The highest BCUT2D eigenvalue weighted by Gasteiger charge is 2.19. The average Bonchev–Trinajstić information content (AvgIpc) is 2.78. The zero-order valence-electron chi connectivity index (χ0n) is 16.7. The van der Waals surface area contributed by atoms with E-state index < -0.39 is 34.8 Å². The Bertz CT molecular complexity index is 1390. The van der Waals surface area contributed by atoms with Crippen LogP contribution in [0.15, 0.2) is 54.9 Å². The average molecular weight is 471 g/mol. The molecule has 4 aromatic rings. The van der Waals surface area contributed by atoms with E-state index in [1.807, 2.05) is 0 Å². The number of fused-ring (bicyclic) bond motifs is 1. The quantitative estimate of drug-likeness (QED) is 0.452. The van der Waals surface area contributed by atoms with E-state index >= 15 is 0 Å². The second kappa shape index (κ2) is 8.87. The Morgan fingerprint density at radius 3 is 2.24 bits per heavy atom. The number of pyridine rings is 2. The molecule has 166 valence electrons. The molecular weight excluding hydrogens is 457 g/mol. The first-order valence-electron chi connectivity index (χ1n) is 9.50. The van der Waals surface area contributed by atoms with Gasteiger partial charge in [-0.05, 0) is 24.3 Å². The number of nitrogens with zero attached hydrogens (tertiary/aromatic N) is 2. The third kappa shape index (κ3) is 4.49. The molecule has 0 fully saturated rings. The first-order chi connectivity index (χ1) is 15.7. The van der Waals surface area contributed by atoms with E-state index in [2.05, 4.69) is 15.3 Å². The SMILES string of the molecule is NC(=O)c1ccc(CNC(=O)c2ccc3c(Cl)cnc(-c4c(F)cc(F)cc4F)c3c2)nc1. The van der Waals surface area contributed by atoms with Crippen LogP contribution in [0.5, 0.6) is 0 Å². The summed E-state index contributed by atoms with van der Waals surface area (Å²) in [6.45, 7) is 0.0534. The van der Waals surface area contributed by atoms with Gasteiger partial charge < -0.3 is 11.1 Å². The summed E-state index contributed by atoms with van der Waals surface area (Å²) in [5.41, 5.74) is 5.40. The third-order valence-electron chi connectivity index (χ3n) is 4.88. The molecule has 33 heavy (non-hydrogen) atoms. The molecule has 0 saturated carbocycles. The summed E-state index contributed by atoms with van der Waals surface area (Å²) in [5.74, 6) is -4.45. The van der Waals surface area contributed by atoms with Gasteiger partial charge in [-0.1, -0.05) is 17.7 Å². The minimum Gasteiger partial charge on any atom is -0.366 e. The number of amides is 2. The predicted octanol–water partition coefficient (Wildman–Crippen LogP) is 4.40. The van der Waals surface area contributed by atoms with Crippen LogP contribution in [-0.4, -0.2) is 21.8 Å². The maximum atomic E-state index is 14.4. The van der Waals surface area contributed by atoms with E-state index in [1.54, 1.807) is 6.07 Å². The van der Waals surface area contributed by atoms with Crippen LogP contribution in [0.1, 0.15) is 26.4 Å². The van der Waals surface area contributed by atoms with Crippen molar-refractivity contribution in [2.24, 2.45) is 5.73 Å². The predicted molar refractivity (Wildman–Crippen MR) is 116 cm³/mol. The smallest absolute Gasteiger partial charge is 0.251 e. The monoisotopic (exact) mass is 470 g/mol. The van der Waals surface area contributed by atoms with Crippen molar-refractivity contribution in [1.82, 2.24) is 15.3 Å². The summed E-state index contributed by atoms with van der Waals surface area (Å²) in [7, 11) is 0. The van der Waals surface area contributed by atoms with Crippen molar-refractivity contribution in [1.29, 1.82) is 0 Å². The second-order valence-electron chi connectivity index (χ2n) is 7.04. The van der Waals surface area contributed by atoms with E-state index in [0.29, 0.717) is 23.2 Å². The van der Waals surface area contributed by atoms with Gasteiger partial charge in [-0.2, -0.15) is 0 Å². The van der Waals surface area contributed by atoms with Crippen LogP contribution in [0, 0.1) is 17.5 Å². The van der Waals surface area contributed by atoms with E-state index in [1.165, 1.54) is 36.7 Å². The van der Waals surface area contributed by atoms with Crippen LogP contribution >= 0.6 is 11.6 Å². The Morgan fingerprint density at radius 1 is 0.909 bits per heavy atom. The number of benzene rings is 2. The molecule has 0 atom stereocenters. The zero-order chi connectivity index (χ0) is 23.7. The van der Waals surface area contributed by atoms with Crippen LogP contribution in [-0.2, 0) is 6.54 Å². The normalized spacial score (nSPS) is 10.9. The van der Waals surface area contributed by atoms with Crippen LogP contribution in [0.3, 0.4) is 0 Å². The van der Waals surface area contributed by atoms with Crippen LogP contribution in [0.25, 0.3) is 22.0 Å². The van der Waals surface area contributed by atoms with Gasteiger partial charge in [0, 0.05) is 40.9 Å². The number of carbonyl (C=O) groups excluding carboxylic acids is 2. The molecule has 2 aromatic carbocycles. The van der Waals surface area contributed by atoms with Crippen LogP contribution in [0.4, 0.5) is 13.2 Å². The summed E-state index contributed by atoms with van der Waals surface area (Å²) in [6.07, 6.45) is 2.52. The molecule has 0 unspecified atom stereocenters. The summed E-state index contributed by atoms with van der Waals surface area (Å²) in [6, 6.07) is 8.54. The van der Waals surface area contributed by atoms with Crippen molar-refractivity contribution in [2.45, 2.75) is 6.54 Å².